The number of carboxylic acid groups (broad SMARTS) is 1. The van der Waals surface area contributed by atoms with Crippen molar-refractivity contribution in [3.8, 4) is 0 Å². The normalized spacial score (nSPS) is 19.2. The van der Waals surface area contributed by atoms with Crippen LogP contribution < -0.4 is 10.6 Å². The maximum absolute atomic E-state index is 13.5. The Morgan fingerprint density at radius 3 is 2.65 bits per heavy atom. The third-order valence-electron chi connectivity index (χ3n) is 3.69. The minimum atomic E-state index is -1.17. The Hall–Kier alpha value is -2.11. The summed E-state index contributed by atoms with van der Waals surface area (Å²) >= 11 is 0. The van der Waals surface area contributed by atoms with E-state index in [1.54, 1.807) is 0 Å². The first kappa shape index (κ1) is 14.3. The lowest BCUT2D eigenvalue weighted by Crippen LogP contribution is -2.31. The fraction of sp³-hybridized carbons (Fsp3) is 0.429. The number of rotatable bonds is 4. The second-order valence-electron chi connectivity index (χ2n) is 5.72. The highest BCUT2D eigenvalue weighted by molar-refractivity contribution is 5.93. The standard InChI is InChI=1S/C14H17FN2O3/c1-14(2)6-9(14)7-16-13(20)17-11-5-8(12(18)19)3-4-10(11)15/h3-5,9H,6-7H2,1-2H3,(H,18,19)(H2,16,17,20). The highest BCUT2D eigenvalue weighted by Crippen LogP contribution is 2.50. The van der Waals surface area contributed by atoms with Crippen LogP contribution in [0.3, 0.4) is 0 Å². The van der Waals surface area contributed by atoms with Gasteiger partial charge in [0.1, 0.15) is 5.82 Å². The predicted octanol–water partition coefficient (Wildman–Crippen LogP) is 2.69. The number of benzene rings is 1. The zero-order valence-corrected chi connectivity index (χ0v) is 11.4. The topological polar surface area (TPSA) is 78.4 Å². The number of amides is 2. The third kappa shape index (κ3) is 3.26. The molecule has 0 spiro atoms. The van der Waals surface area contributed by atoms with Gasteiger partial charge in [-0.1, -0.05) is 13.8 Å². The molecular weight excluding hydrogens is 263 g/mol. The maximum Gasteiger partial charge on any atom is 0.335 e. The van der Waals surface area contributed by atoms with Crippen molar-refractivity contribution < 1.29 is 19.1 Å². The van der Waals surface area contributed by atoms with Crippen molar-refractivity contribution in [2.75, 3.05) is 11.9 Å². The van der Waals surface area contributed by atoms with E-state index >= 15 is 0 Å². The fourth-order valence-corrected chi connectivity index (χ4v) is 2.06. The SMILES string of the molecule is CC1(C)CC1CNC(=O)Nc1cc(C(=O)O)ccc1F. The van der Waals surface area contributed by atoms with Gasteiger partial charge in [0.05, 0.1) is 11.3 Å². The molecule has 5 nitrogen and oxygen atoms in total. The summed E-state index contributed by atoms with van der Waals surface area (Å²) in [4.78, 5) is 22.4. The van der Waals surface area contributed by atoms with Crippen LogP contribution in [0, 0.1) is 17.2 Å². The quantitative estimate of drug-likeness (QED) is 0.793. The monoisotopic (exact) mass is 280 g/mol. The summed E-state index contributed by atoms with van der Waals surface area (Å²) in [5.74, 6) is -1.41. The molecule has 0 bridgehead atoms. The van der Waals surface area contributed by atoms with Gasteiger partial charge in [0.15, 0.2) is 0 Å². The van der Waals surface area contributed by atoms with Gasteiger partial charge < -0.3 is 15.7 Å². The highest BCUT2D eigenvalue weighted by Gasteiger charge is 2.45. The zero-order valence-electron chi connectivity index (χ0n) is 11.4. The largest absolute Gasteiger partial charge is 0.478 e. The number of aromatic carboxylic acids is 1. The lowest BCUT2D eigenvalue weighted by Gasteiger charge is -2.09. The highest BCUT2D eigenvalue weighted by atomic mass is 19.1. The molecule has 1 saturated carbocycles. The molecule has 0 aliphatic heterocycles. The molecule has 1 aromatic carbocycles. The van der Waals surface area contributed by atoms with Crippen LogP contribution in [0.4, 0.5) is 14.9 Å². The first-order valence-corrected chi connectivity index (χ1v) is 6.37. The van der Waals surface area contributed by atoms with Crippen LogP contribution in [-0.2, 0) is 0 Å². The van der Waals surface area contributed by atoms with Gasteiger partial charge in [-0.2, -0.15) is 0 Å². The Balaban J connectivity index is 1.93. The molecule has 1 aliphatic carbocycles. The second kappa shape index (κ2) is 5.11. The van der Waals surface area contributed by atoms with Gasteiger partial charge in [0.25, 0.3) is 0 Å². The number of hydrogen-bond donors (Lipinski definition) is 3. The molecule has 20 heavy (non-hydrogen) atoms. The van der Waals surface area contributed by atoms with Crippen molar-refractivity contribution >= 4 is 17.7 Å². The summed E-state index contributed by atoms with van der Waals surface area (Å²) in [5, 5.41) is 13.8. The van der Waals surface area contributed by atoms with Gasteiger partial charge in [-0.05, 0) is 36.0 Å². The van der Waals surface area contributed by atoms with E-state index in [1.807, 2.05) is 0 Å². The maximum atomic E-state index is 13.5. The molecule has 1 unspecified atom stereocenters. The zero-order chi connectivity index (χ0) is 14.9. The summed E-state index contributed by atoms with van der Waals surface area (Å²) < 4.78 is 13.5. The van der Waals surface area contributed by atoms with Crippen molar-refractivity contribution in [3.05, 3.63) is 29.6 Å². The molecule has 1 aliphatic rings. The lowest BCUT2D eigenvalue weighted by molar-refractivity contribution is 0.0697. The Morgan fingerprint density at radius 1 is 1.45 bits per heavy atom. The van der Waals surface area contributed by atoms with Crippen LogP contribution in [0.5, 0.6) is 0 Å². The van der Waals surface area contributed by atoms with Gasteiger partial charge in [0.2, 0.25) is 0 Å². The molecule has 0 radical (unpaired) electrons. The number of nitrogens with one attached hydrogen (secondary N) is 2. The van der Waals surface area contributed by atoms with Crippen LogP contribution in [-0.4, -0.2) is 23.7 Å². The number of anilines is 1. The number of carbonyl (C=O) groups excluding carboxylic acids is 1. The summed E-state index contributed by atoms with van der Waals surface area (Å²) in [5.41, 5.74) is 0.0318. The molecule has 0 aromatic heterocycles. The molecule has 0 saturated heterocycles. The van der Waals surface area contributed by atoms with Gasteiger partial charge in [-0.25, -0.2) is 14.0 Å². The molecule has 1 aromatic rings. The Kier molecular flexibility index (Phi) is 3.65. The van der Waals surface area contributed by atoms with E-state index in [4.69, 9.17) is 5.11 Å². The van der Waals surface area contributed by atoms with E-state index in [-0.39, 0.29) is 16.7 Å². The van der Waals surface area contributed by atoms with Crippen molar-refractivity contribution in [2.45, 2.75) is 20.3 Å². The van der Waals surface area contributed by atoms with Crippen LogP contribution in [0.1, 0.15) is 30.6 Å². The minimum Gasteiger partial charge on any atom is -0.478 e. The molecule has 2 amide bonds. The van der Waals surface area contributed by atoms with Crippen molar-refractivity contribution in [1.29, 1.82) is 0 Å². The summed E-state index contributed by atoms with van der Waals surface area (Å²) in [6, 6.07) is 2.73. The second-order valence-corrected chi connectivity index (χ2v) is 5.72. The Morgan fingerprint density at radius 2 is 2.10 bits per heavy atom. The number of carbonyl (C=O) groups is 2. The van der Waals surface area contributed by atoms with E-state index in [1.165, 1.54) is 0 Å². The summed E-state index contributed by atoms with van der Waals surface area (Å²) in [6.07, 6.45) is 1.05. The molecule has 108 valence electrons. The van der Waals surface area contributed by atoms with E-state index < -0.39 is 17.8 Å². The molecule has 3 N–H and O–H groups in total. The van der Waals surface area contributed by atoms with E-state index in [9.17, 15) is 14.0 Å². The average molecular weight is 280 g/mol. The van der Waals surface area contributed by atoms with Crippen molar-refractivity contribution in [3.63, 3.8) is 0 Å². The molecule has 1 fully saturated rings. The first-order chi connectivity index (χ1) is 9.29. The molecular formula is C14H17FN2O3. The van der Waals surface area contributed by atoms with E-state index in [0.29, 0.717) is 12.5 Å². The lowest BCUT2D eigenvalue weighted by atomic mass is 10.1. The van der Waals surface area contributed by atoms with Crippen LogP contribution in [0.15, 0.2) is 18.2 Å². The smallest absolute Gasteiger partial charge is 0.335 e. The molecule has 0 heterocycles. The van der Waals surface area contributed by atoms with Crippen molar-refractivity contribution in [1.82, 2.24) is 5.32 Å². The van der Waals surface area contributed by atoms with E-state index in [2.05, 4.69) is 24.5 Å². The minimum absolute atomic E-state index is 0.0787. The number of urea groups is 1. The molecule has 2 rings (SSSR count). The number of carboxylic acids is 1. The molecule has 6 heteroatoms. The summed E-state index contributed by atoms with van der Waals surface area (Å²) in [6.45, 7) is 4.76. The summed E-state index contributed by atoms with van der Waals surface area (Å²) in [7, 11) is 0. The Bertz CT molecular complexity index is 557. The van der Waals surface area contributed by atoms with Gasteiger partial charge >= 0.3 is 12.0 Å². The predicted molar refractivity (Wildman–Crippen MR) is 72.3 cm³/mol. The van der Waals surface area contributed by atoms with Crippen LogP contribution in [0.25, 0.3) is 0 Å². The Labute approximate surface area is 116 Å². The van der Waals surface area contributed by atoms with E-state index in [0.717, 1.165) is 24.6 Å². The van der Waals surface area contributed by atoms with Crippen LogP contribution in [0.2, 0.25) is 0 Å². The number of hydrogen-bond acceptors (Lipinski definition) is 2. The first-order valence-electron chi connectivity index (χ1n) is 6.37. The van der Waals surface area contributed by atoms with Gasteiger partial charge in [0, 0.05) is 6.54 Å². The average Bonchev–Trinajstić information content (AvgIpc) is 2.97. The van der Waals surface area contributed by atoms with Gasteiger partial charge in [-0.15, -0.1) is 0 Å². The third-order valence-corrected chi connectivity index (χ3v) is 3.69. The van der Waals surface area contributed by atoms with Crippen molar-refractivity contribution in [2.24, 2.45) is 11.3 Å². The molecule has 1 atom stereocenters. The number of halogens is 1. The van der Waals surface area contributed by atoms with Crippen LogP contribution >= 0.6 is 0 Å². The van der Waals surface area contributed by atoms with Gasteiger partial charge in [-0.3, -0.25) is 0 Å². The fourth-order valence-electron chi connectivity index (χ4n) is 2.06.